The lowest BCUT2D eigenvalue weighted by atomic mass is 10.0. The Labute approximate surface area is 95.9 Å². The highest BCUT2D eigenvalue weighted by atomic mass is 15.3. The molecule has 0 aliphatic heterocycles. The third-order valence-electron chi connectivity index (χ3n) is 2.64. The molecule has 0 fully saturated rings. The summed E-state index contributed by atoms with van der Waals surface area (Å²) in [6.45, 7) is 2.87. The normalized spacial score (nSPS) is 12.6. The van der Waals surface area contributed by atoms with E-state index in [1.807, 2.05) is 41.2 Å². The molecule has 2 N–H and O–H groups in total. The van der Waals surface area contributed by atoms with E-state index in [1.54, 1.807) is 0 Å². The number of aromatic nitrogens is 2. The van der Waals surface area contributed by atoms with Crippen LogP contribution in [0.1, 0.15) is 12.5 Å². The number of rotatable bonds is 4. The predicted molar refractivity (Wildman–Crippen MR) is 65.5 cm³/mol. The standard InChI is InChI=1S/C13H17N3/c1-11(8-14)7-12-9-15-16(10-12)13-5-3-2-4-6-13/h2-6,9-11H,7-8,14H2,1H3. The zero-order valence-electron chi connectivity index (χ0n) is 9.50. The summed E-state index contributed by atoms with van der Waals surface area (Å²) in [7, 11) is 0. The average Bonchev–Trinajstić information content (AvgIpc) is 2.78. The second-order valence-electron chi connectivity index (χ2n) is 4.17. The van der Waals surface area contributed by atoms with Crippen molar-refractivity contribution < 1.29 is 0 Å². The first-order valence-electron chi connectivity index (χ1n) is 5.58. The second-order valence-corrected chi connectivity index (χ2v) is 4.17. The quantitative estimate of drug-likeness (QED) is 0.847. The van der Waals surface area contributed by atoms with Gasteiger partial charge in [0.25, 0.3) is 0 Å². The van der Waals surface area contributed by atoms with Crippen LogP contribution < -0.4 is 5.73 Å². The van der Waals surface area contributed by atoms with Gasteiger partial charge in [-0.2, -0.15) is 5.10 Å². The Morgan fingerprint density at radius 2 is 2.06 bits per heavy atom. The van der Waals surface area contributed by atoms with Crippen molar-refractivity contribution in [3.63, 3.8) is 0 Å². The van der Waals surface area contributed by atoms with Gasteiger partial charge < -0.3 is 5.73 Å². The first kappa shape index (κ1) is 10.9. The Morgan fingerprint density at radius 1 is 1.31 bits per heavy atom. The SMILES string of the molecule is CC(CN)Cc1cnn(-c2ccccc2)c1. The number of nitrogens with zero attached hydrogens (tertiary/aromatic N) is 2. The molecule has 0 bridgehead atoms. The molecule has 1 unspecified atom stereocenters. The maximum atomic E-state index is 5.61. The molecule has 2 rings (SSSR count). The highest BCUT2D eigenvalue weighted by Crippen LogP contribution is 2.10. The van der Waals surface area contributed by atoms with E-state index in [-0.39, 0.29) is 0 Å². The van der Waals surface area contributed by atoms with Crippen LogP contribution in [-0.4, -0.2) is 16.3 Å². The van der Waals surface area contributed by atoms with Crippen LogP contribution in [0.3, 0.4) is 0 Å². The molecule has 0 radical (unpaired) electrons. The van der Waals surface area contributed by atoms with E-state index in [1.165, 1.54) is 5.56 Å². The molecule has 3 nitrogen and oxygen atoms in total. The lowest BCUT2D eigenvalue weighted by molar-refractivity contribution is 0.593. The van der Waals surface area contributed by atoms with E-state index in [2.05, 4.69) is 18.2 Å². The molecule has 1 aromatic carbocycles. The van der Waals surface area contributed by atoms with Gasteiger partial charge in [0.05, 0.1) is 11.9 Å². The van der Waals surface area contributed by atoms with Crippen molar-refractivity contribution in [2.75, 3.05) is 6.54 Å². The third kappa shape index (κ3) is 2.49. The van der Waals surface area contributed by atoms with Gasteiger partial charge in [-0.25, -0.2) is 4.68 Å². The number of para-hydroxylation sites is 1. The van der Waals surface area contributed by atoms with Crippen molar-refractivity contribution in [1.29, 1.82) is 0 Å². The van der Waals surface area contributed by atoms with Gasteiger partial charge in [0.1, 0.15) is 0 Å². The summed E-state index contributed by atoms with van der Waals surface area (Å²) in [5.74, 6) is 0.508. The van der Waals surface area contributed by atoms with E-state index >= 15 is 0 Å². The topological polar surface area (TPSA) is 43.8 Å². The Balaban J connectivity index is 2.14. The zero-order chi connectivity index (χ0) is 11.4. The van der Waals surface area contributed by atoms with Crippen LogP contribution in [0.4, 0.5) is 0 Å². The molecule has 0 saturated carbocycles. The van der Waals surface area contributed by atoms with Crippen molar-refractivity contribution in [1.82, 2.24) is 9.78 Å². The molecule has 0 aliphatic rings. The lowest BCUT2D eigenvalue weighted by Gasteiger charge is -2.04. The van der Waals surface area contributed by atoms with E-state index in [9.17, 15) is 0 Å². The van der Waals surface area contributed by atoms with E-state index in [0.717, 1.165) is 18.7 Å². The smallest absolute Gasteiger partial charge is 0.0645 e. The summed E-state index contributed by atoms with van der Waals surface area (Å²) in [4.78, 5) is 0. The van der Waals surface area contributed by atoms with Crippen LogP contribution in [0.5, 0.6) is 0 Å². The largest absolute Gasteiger partial charge is 0.330 e. The van der Waals surface area contributed by atoms with Gasteiger partial charge in [-0.3, -0.25) is 0 Å². The Hall–Kier alpha value is -1.61. The fraction of sp³-hybridized carbons (Fsp3) is 0.308. The molecule has 1 aromatic heterocycles. The number of benzene rings is 1. The molecule has 0 amide bonds. The van der Waals surface area contributed by atoms with Gasteiger partial charge in [0.15, 0.2) is 0 Å². The van der Waals surface area contributed by atoms with Crippen molar-refractivity contribution in [3.05, 3.63) is 48.3 Å². The summed E-state index contributed by atoms with van der Waals surface area (Å²) >= 11 is 0. The van der Waals surface area contributed by atoms with Crippen LogP contribution in [0.15, 0.2) is 42.7 Å². The van der Waals surface area contributed by atoms with Crippen molar-refractivity contribution in [3.8, 4) is 5.69 Å². The van der Waals surface area contributed by atoms with Crippen molar-refractivity contribution in [2.24, 2.45) is 11.7 Å². The molecule has 16 heavy (non-hydrogen) atoms. The Kier molecular flexibility index (Phi) is 3.37. The highest BCUT2D eigenvalue weighted by molar-refractivity contribution is 5.30. The average molecular weight is 215 g/mol. The minimum Gasteiger partial charge on any atom is -0.330 e. The summed E-state index contributed by atoms with van der Waals surface area (Å²) in [5.41, 5.74) is 7.94. The number of hydrogen-bond donors (Lipinski definition) is 1. The Bertz CT molecular complexity index is 433. The van der Waals surface area contributed by atoms with Crippen molar-refractivity contribution in [2.45, 2.75) is 13.3 Å². The van der Waals surface area contributed by atoms with Crippen LogP contribution in [-0.2, 0) is 6.42 Å². The third-order valence-corrected chi connectivity index (χ3v) is 2.64. The molecule has 0 aliphatic carbocycles. The number of hydrogen-bond acceptors (Lipinski definition) is 2. The van der Waals surface area contributed by atoms with E-state index in [0.29, 0.717) is 5.92 Å². The summed E-state index contributed by atoms with van der Waals surface area (Å²) in [5, 5.41) is 4.35. The van der Waals surface area contributed by atoms with Gasteiger partial charge in [-0.1, -0.05) is 25.1 Å². The molecule has 1 heterocycles. The van der Waals surface area contributed by atoms with Crippen LogP contribution >= 0.6 is 0 Å². The summed E-state index contributed by atoms with van der Waals surface area (Å²) in [6, 6.07) is 10.1. The van der Waals surface area contributed by atoms with Gasteiger partial charge in [-0.05, 0) is 36.6 Å². The first-order chi connectivity index (χ1) is 7.79. The minimum absolute atomic E-state index is 0.508. The van der Waals surface area contributed by atoms with Gasteiger partial charge in [-0.15, -0.1) is 0 Å². The van der Waals surface area contributed by atoms with Crippen LogP contribution in [0.2, 0.25) is 0 Å². The molecule has 84 valence electrons. The lowest BCUT2D eigenvalue weighted by Crippen LogP contribution is -2.12. The minimum atomic E-state index is 0.508. The van der Waals surface area contributed by atoms with Crippen LogP contribution in [0.25, 0.3) is 5.69 Å². The summed E-state index contributed by atoms with van der Waals surface area (Å²) < 4.78 is 1.90. The monoisotopic (exact) mass is 215 g/mol. The molecule has 2 aromatic rings. The fourth-order valence-electron chi connectivity index (χ4n) is 1.67. The first-order valence-corrected chi connectivity index (χ1v) is 5.58. The number of nitrogens with two attached hydrogens (primary N) is 1. The Morgan fingerprint density at radius 3 is 2.75 bits per heavy atom. The maximum Gasteiger partial charge on any atom is 0.0645 e. The van der Waals surface area contributed by atoms with Crippen molar-refractivity contribution >= 4 is 0 Å². The van der Waals surface area contributed by atoms with E-state index in [4.69, 9.17) is 5.73 Å². The molecular weight excluding hydrogens is 198 g/mol. The molecular formula is C13H17N3. The van der Waals surface area contributed by atoms with Gasteiger partial charge in [0.2, 0.25) is 0 Å². The van der Waals surface area contributed by atoms with Gasteiger partial charge in [0, 0.05) is 6.20 Å². The molecule has 3 heteroatoms. The molecule has 0 saturated heterocycles. The maximum absolute atomic E-state index is 5.61. The molecule has 1 atom stereocenters. The van der Waals surface area contributed by atoms with Crippen LogP contribution in [0, 0.1) is 5.92 Å². The predicted octanol–water partition coefficient (Wildman–Crippen LogP) is 2.01. The van der Waals surface area contributed by atoms with Gasteiger partial charge >= 0.3 is 0 Å². The fourth-order valence-corrected chi connectivity index (χ4v) is 1.67. The van der Waals surface area contributed by atoms with E-state index < -0.39 is 0 Å². The second kappa shape index (κ2) is 4.94. The summed E-state index contributed by atoms with van der Waals surface area (Å²) in [6.07, 6.45) is 4.98. The molecule has 0 spiro atoms. The highest BCUT2D eigenvalue weighted by Gasteiger charge is 2.04. The zero-order valence-corrected chi connectivity index (χ0v) is 9.50.